The predicted octanol–water partition coefficient (Wildman–Crippen LogP) is 1.68. The molecule has 15 heavy (non-hydrogen) atoms. The largest absolute Gasteiger partial charge is 0.384 e. The van der Waals surface area contributed by atoms with E-state index < -0.39 is 0 Å². The van der Waals surface area contributed by atoms with Crippen LogP contribution in [0.4, 0.5) is 5.82 Å². The molecule has 2 aromatic heterocycles. The predicted molar refractivity (Wildman–Crippen MR) is 60.3 cm³/mol. The highest BCUT2D eigenvalue weighted by atomic mass is 15.3. The number of hydrogen-bond acceptors (Lipinski definition) is 3. The Morgan fingerprint density at radius 1 is 1.20 bits per heavy atom. The van der Waals surface area contributed by atoms with E-state index in [1.54, 1.807) is 6.20 Å². The van der Waals surface area contributed by atoms with E-state index in [0.717, 1.165) is 22.4 Å². The molecule has 0 atom stereocenters. The number of rotatable bonds is 1. The quantitative estimate of drug-likeness (QED) is 0.765. The lowest BCUT2D eigenvalue weighted by atomic mass is 10.0. The number of anilines is 1. The fourth-order valence-electron chi connectivity index (χ4n) is 1.62. The van der Waals surface area contributed by atoms with E-state index in [-0.39, 0.29) is 0 Å². The first kappa shape index (κ1) is 9.71. The number of aryl methyl sites for hydroxylation is 2. The summed E-state index contributed by atoms with van der Waals surface area (Å²) in [4.78, 5) is 4.11. The lowest BCUT2D eigenvalue weighted by Gasteiger charge is -2.05. The van der Waals surface area contributed by atoms with Crippen molar-refractivity contribution in [3.8, 4) is 11.1 Å². The maximum Gasteiger partial charge on any atom is 0.123 e. The van der Waals surface area contributed by atoms with Gasteiger partial charge in [0.25, 0.3) is 0 Å². The number of nitrogens with two attached hydrogens (primary N) is 1. The maximum atomic E-state index is 5.62. The van der Waals surface area contributed by atoms with Crippen LogP contribution in [0.1, 0.15) is 11.3 Å². The molecule has 2 aromatic rings. The zero-order valence-electron chi connectivity index (χ0n) is 9.15. The minimum absolute atomic E-state index is 0.554. The lowest BCUT2D eigenvalue weighted by Crippen LogP contribution is -1.95. The van der Waals surface area contributed by atoms with Crippen molar-refractivity contribution in [3.63, 3.8) is 0 Å². The molecule has 0 aromatic carbocycles. The van der Waals surface area contributed by atoms with Gasteiger partial charge in [-0.3, -0.25) is 4.68 Å². The molecule has 0 bridgehead atoms. The molecule has 2 N–H and O–H groups in total. The van der Waals surface area contributed by atoms with E-state index in [9.17, 15) is 0 Å². The highest BCUT2D eigenvalue weighted by Gasteiger charge is 2.09. The van der Waals surface area contributed by atoms with Crippen LogP contribution >= 0.6 is 0 Å². The maximum absolute atomic E-state index is 5.62. The number of hydrogen-bond donors (Lipinski definition) is 1. The first-order chi connectivity index (χ1) is 7.09. The van der Waals surface area contributed by atoms with Gasteiger partial charge in [0.2, 0.25) is 0 Å². The Bertz CT molecular complexity index is 499. The molecule has 2 heterocycles. The topological polar surface area (TPSA) is 56.7 Å². The monoisotopic (exact) mass is 202 g/mol. The van der Waals surface area contributed by atoms with Gasteiger partial charge in [-0.1, -0.05) is 0 Å². The third kappa shape index (κ3) is 1.58. The molecule has 0 saturated carbocycles. The molecule has 0 amide bonds. The number of pyridine rings is 1. The molecule has 0 saturated heterocycles. The van der Waals surface area contributed by atoms with E-state index in [4.69, 9.17) is 5.73 Å². The van der Waals surface area contributed by atoms with Gasteiger partial charge in [-0.15, -0.1) is 0 Å². The van der Waals surface area contributed by atoms with Gasteiger partial charge in [0.05, 0.1) is 6.20 Å². The molecule has 2 rings (SSSR count). The van der Waals surface area contributed by atoms with Crippen LogP contribution in [-0.2, 0) is 7.05 Å². The SMILES string of the molecule is Cc1cc(N)ncc1-c1cnn(C)c1C. The lowest BCUT2D eigenvalue weighted by molar-refractivity contribution is 0.740. The van der Waals surface area contributed by atoms with Crippen molar-refractivity contribution in [2.45, 2.75) is 13.8 Å². The Balaban J connectivity index is 2.59. The fourth-order valence-corrected chi connectivity index (χ4v) is 1.62. The number of aromatic nitrogens is 3. The van der Waals surface area contributed by atoms with Crippen molar-refractivity contribution in [2.75, 3.05) is 5.73 Å². The number of nitrogens with zero attached hydrogens (tertiary/aromatic N) is 3. The summed E-state index contributed by atoms with van der Waals surface area (Å²) in [6.45, 7) is 4.07. The molecule has 0 aliphatic heterocycles. The van der Waals surface area contributed by atoms with Crippen LogP contribution in [0, 0.1) is 13.8 Å². The molecule has 0 unspecified atom stereocenters. The zero-order valence-corrected chi connectivity index (χ0v) is 9.15. The second-order valence-electron chi connectivity index (χ2n) is 3.69. The Kier molecular flexibility index (Phi) is 2.19. The van der Waals surface area contributed by atoms with Gasteiger partial charge in [-0.05, 0) is 25.5 Å². The van der Waals surface area contributed by atoms with Crippen LogP contribution in [0.25, 0.3) is 11.1 Å². The highest BCUT2D eigenvalue weighted by Crippen LogP contribution is 2.25. The third-order valence-corrected chi connectivity index (χ3v) is 2.66. The van der Waals surface area contributed by atoms with Crippen LogP contribution in [0.15, 0.2) is 18.5 Å². The van der Waals surface area contributed by atoms with Crippen LogP contribution in [0.2, 0.25) is 0 Å². The summed E-state index contributed by atoms with van der Waals surface area (Å²) in [5, 5.41) is 4.21. The van der Waals surface area contributed by atoms with Gasteiger partial charge in [-0.25, -0.2) is 4.98 Å². The molecule has 78 valence electrons. The van der Waals surface area contributed by atoms with Crippen LogP contribution < -0.4 is 5.73 Å². The molecule has 4 heteroatoms. The van der Waals surface area contributed by atoms with Gasteiger partial charge in [0.15, 0.2) is 0 Å². The molecule has 0 radical (unpaired) electrons. The second-order valence-corrected chi connectivity index (χ2v) is 3.69. The molecule has 4 nitrogen and oxygen atoms in total. The molecule has 0 aliphatic carbocycles. The van der Waals surface area contributed by atoms with Gasteiger partial charge < -0.3 is 5.73 Å². The van der Waals surface area contributed by atoms with E-state index in [2.05, 4.69) is 10.1 Å². The van der Waals surface area contributed by atoms with Crippen molar-refractivity contribution in [1.82, 2.24) is 14.8 Å². The Morgan fingerprint density at radius 2 is 1.93 bits per heavy atom. The van der Waals surface area contributed by atoms with Crippen molar-refractivity contribution >= 4 is 5.82 Å². The Hall–Kier alpha value is -1.84. The van der Waals surface area contributed by atoms with Crippen molar-refractivity contribution < 1.29 is 0 Å². The molecule has 0 fully saturated rings. The zero-order chi connectivity index (χ0) is 11.0. The van der Waals surface area contributed by atoms with E-state index in [1.165, 1.54) is 0 Å². The van der Waals surface area contributed by atoms with Crippen molar-refractivity contribution in [1.29, 1.82) is 0 Å². The minimum Gasteiger partial charge on any atom is -0.384 e. The fraction of sp³-hybridized carbons (Fsp3) is 0.273. The minimum atomic E-state index is 0.554. The first-order valence-electron chi connectivity index (χ1n) is 4.80. The number of nitrogen functional groups attached to an aromatic ring is 1. The van der Waals surface area contributed by atoms with Crippen LogP contribution in [0.5, 0.6) is 0 Å². The summed E-state index contributed by atoms with van der Waals surface area (Å²) >= 11 is 0. The Morgan fingerprint density at radius 3 is 2.47 bits per heavy atom. The third-order valence-electron chi connectivity index (χ3n) is 2.66. The molecular weight excluding hydrogens is 188 g/mol. The van der Waals surface area contributed by atoms with E-state index in [1.807, 2.05) is 37.8 Å². The summed E-state index contributed by atoms with van der Waals surface area (Å²) in [6.07, 6.45) is 3.66. The first-order valence-corrected chi connectivity index (χ1v) is 4.80. The second kappa shape index (κ2) is 3.38. The summed E-state index contributed by atoms with van der Waals surface area (Å²) in [7, 11) is 1.93. The van der Waals surface area contributed by atoms with E-state index in [0.29, 0.717) is 5.82 Å². The van der Waals surface area contributed by atoms with Gasteiger partial charge >= 0.3 is 0 Å². The van der Waals surface area contributed by atoms with Gasteiger partial charge in [0, 0.05) is 30.1 Å². The smallest absolute Gasteiger partial charge is 0.123 e. The summed E-state index contributed by atoms with van der Waals surface area (Å²) < 4.78 is 1.85. The van der Waals surface area contributed by atoms with Gasteiger partial charge in [-0.2, -0.15) is 5.10 Å². The van der Waals surface area contributed by atoms with Gasteiger partial charge in [0.1, 0.15) is 5.82 Å². The molecule has 0 aliphatic rings. The summed E-state index contributed by atoms with van der Waals surface area (Å²) in [5.74, 6) is 0.554. The summed E-state index contributed by atoms with van der Waals surface area (Å²) in [5.41, 5.74) is 10.1. The standard InChI is InChI=1S/C11H14N4/c1-7-4-11(12)13-5-9(7)10-6-14-15(3)8(10)2/h4-6H,1-3H3,(H2,12,13). The van der Waals surface area contributed by atoms with Crippen LogP contribution in [0.3, 0.4) is 0 Å². The highest BCUT2D eigenvalue weighted by molar-refractivity contribution is 5.68. The van der Waals surface area contributed by atoms with E-state index >= 15 is 0 Å². The van der Waals surface area contributed by atoms with Crippen molar-refractivity contribution in [2.24, 2.45) is 7.05 Å². The molecule has 0 spiro atoms. The Labute approximate surface area is 88.8 Å². The van der Waals surface area contributed by atoms with Crippen molar-refractivity contribution in [3.05, 3.63) is 29.7 Å². The normalized spacial score (nSPS) is 10.6. The molecular formula is C11H14N4. The average molecular weight is 202 g/mol. The summed E-state index contributed by atoms with van der Waals surface area (Å²) in [6, 6.07) is 1.88. The average Bonchev–Trinajstić information content (AvgIpc) is 2.49. The van der Waals surface area contributed by atoms with Crippen LogP contribution in [-0.4, -0.2) is 14.8 Å².